The Morgan fingerprint density at radius 3 is 2.86 bits per heavy atom. The Morgan fingerprint density at radius 2 is 2.14 bits per heavy atom. The Hall–Kier alpha value is -0.970. The number of ether oxygens (including phenoxy) is 2. The van der Waals surface area contributed by atoms with Crippen molar-refractivity contribution in [3.63, 3.8) is 0 Å². The van der Waals surface area contributed by atoms with Crippen LogP contribution in [0.1, 0.15) is 37.2 Å². The Bertz CT molecular complexity index is 410. The highest BCUT2D eigenvalue weighted by Gasteiger charge is 2.22. The van der Waals surface area contributed by atoms with E-state index < -0.39 is 0 Å². The summed E-state index contributed by atoms with van der Waals surface area (Å²) in [6, 6.07) is 7.60. The van der Waals surface area contributed by atoms with Crippen LogP contribution in [0.4, 0.5) is 4.39 Å². The molecule has 0 aliphatic heterocycles. The number of hydrogen-bond donors (Lipinski definition) is 1. The van der Waals surface area contributed by atoms with Gasteiger partial charge in [-0.15, -0.1) is 0 Å². The summed E-state index contributed by atoms with van der Waals surface area (Å²) in [4.78, 5) is 0. The fraction of sp³-hybridized carbons (Fsp3) is 0.647. The molecule has 1 atom stereocenters. The van der Waals surface area contributed by atoms with Crippen LogP contribution in [-0.2, 0) is 9.47 Å². The average molecular weight is 295 g/mol. The van der Waals surface area contributed by atoms with E-state index in [0.29, 0.717) is 18.6 Å². The molecule has 1 fully saturated rings. The standard InChI is InChI=1S/C17H26FNO2/c1-20-9-3-10-21-11-8-15(13-19-17-6-7-17)14-4-2-5-16(18)12-14/h2,4-5,12,15,17,19H,3,6-11,13H2,1H3. The van der Waals surface area contributed by atoms with E-state index in [4.69, 9.17) is 9.47 Å². The van der Waals surface area contributed by atoms with Crippen LogP contribution in [0.5, 0.6) is 0 Å². The first-order valence-electron chi connectivity index (χ1n) is 7.85. The van der Waals surface area contributed by atoms with Crippen molar-refractivity contribution in [2.45, 2.75) is 37.6 Å². The lowest BCUT2D eigenvalue weighted by Gasteiger charge is -2.18. The van der Waals surface area contributed by atoms with Gasteiger partial charge in [-0.1, -0.05) is 12.1 Å². The van der Waals surface area contributed by atoms with E-state index in [9.17, 15) is 4.39 Å². The Balaban J connectivity index is 1.77. The van der Waals surface area contributed by atoms with Crippen LogP contribution in [0, 0.1) is 5.82 Å². The third-order valence-corrected chi connectivity index (χ3v) is 3.80. The maximum atomic E-state index is 13.4. The Labute approximate surface area is 126 Å². The molecule has 1 aliphatic carbocycles. The van der Waals surface area contributed by atoms with Crippen molar-refractivity contribution in [2.75, 3.05) is 33.5 Å². The summed E-state index contributed by atoms with van der Waals surface area (Å²) >= 11 is 0. The highest BCUT2D eigenvalue weighted by atomic mass is 19.1. The molecular weight excluding hydrogens is 269 g/mol. The Kier molecular flexibility index (Phi) is 7.13. The quantitative estimate of drug-likeness (QED) is 0.636. The van der Waals surface area contributed by atoms with E-state index in [1.165, 1.54) is 18.9 Å². The fourth-order valence-electron chi connectivity index (χ4n) is 2.38. The second-order valence-corrected chi connectivity index (χ2v) is 5.68. The summed E-state index contributed by atoms with van der Waals surface area (Å²) in [5.74, 6) is 0.147. The van der Waals surface area contributed by atoms with E-state index >= 15 is 0 Å². The van der Waals surface area contributed by atoms with Crippen molar-refractivity contribution in [1.29, 1.82) is 0 Å². The van der Waals surface area contributed by atoms with E-state index in [-0.39, 0.29) is 5.82 Å². The molecule has 3 nitrogen and oxygen atoms in total. The third-order valence-electron chi connectivity index (χ3n) is 3.80. The molecule has 0 radical (unpaired) electrons. The number of benzene rings is 1. The van der Waals surface area contributed by atoms with Crippen molar-refractivity contribution >= 4 is 0 Å². The van der Waals surface area contributed by atoms with Gasteiger partial charge in [0.2, 0.25) is 0 Å². The molecule has 1 unspecified atom stereocenters. The van der Waals surface area contributed by atoms with Gasteiger partial charge < -0.3 is 14.8 Å². The highest BCUT2D eigenvalue weighted by Crippen LogP contribution is 2.24. The average Bonchev–Trinajstić information content (AvgIpc) is 3.30. The fourth-order valence-corrected chi connectivity index (χ4v) is 2.38. The molecular formula is C17H26FNO2. The minimum absolute atomic E-state index is 0.162. The van der Waals surface area contributed by atoms with Crippen LogP contribution >= 0.6 is 0 Å². The van der Waals surface area contributed by atoms with Gasteiger partial charge in [0.05, 0.1) is 0 Å². The van der Waals surface area contributed by atoms with Gasteiger partial charge in [-0.25, -0.2) is 4.39 Å². The van der Waals surface area contributed by atoms with Gasteiger partial charge in [-0.2, -0.15) is 0 Å². The topological polar surface area (TPSA) is 30.5 Å². The lowest BCUT2D eigenvalue weighted by molar-refractivity contribution is 0.0980. The second kappa shape index (κ2) is 9.13. The van der Waals surface area contributed by atoms with E-state index in [1.807, 2.05) is 6.07 Å². The molecule has 4 heteroatoms. The SMILES string of the molecule is COCCCOCCC(CNC1CC1)c1cccc(F)c1. The van der Waals surface area contributed by atoms with Crippen molar-refractivity contribution in [1.82, 2.24) is 5.32 Å². The van der Waals surface area contributed by atoms with Gasteiger partial charge in [0.15, 0.2) is 0 Å². The first-order valence-corrected chi connectivity index (χ1v) is 7.85. The molecule has 1 aliphatic rings. The summed E-state index contributed by atoms with van der Waals surface area (Å²) in [6.45, 7) is 3.06. The molecule has 0 aromatic heterocycles. The normalized spacial score (nSPS) is 16.1. The molecule has 0 spiro atoms. The van der Waals surface area contributed by atoms with Gasteiger partial charge in [0.25, 0.3) is 0 Å². The molecule has 1 aromatic carbocycles. The number of nitrogens with one attached hydrogen (secondary N) is 1. The van der Waals surface area contributed by atoms with Crippen LogP contribution < -0.4 is 5.32 Å². The molecule has 0 amide bonds. The van der Waals surface area contributed by atoms with Gasteiger partial charge >= 0.3 is 0 Å². The molecule has 2 rings (SSSR count). The minimum atomic E-state index is -0.162. The zero-order valence-electron chi connectivity index (χ0n) is 12.8. The molecule has 21 heavy (non-hydrogen) atoms. The van der Waals surface area contributed by atoms with E-state index in [0.717, 1.165) is 38.2 Å². The zero-order valence-corrected chi connectivity index (χ0v) is 12.8. The zero-order chi connectivity index (χ0) is 14.9. The van der Waals surface area contributed by atoms with Crippen LogP contribution in [0.15, 0.2) is 24.3 Å². The first-order chi connectivity index (χ1) is 10.3. The number of hydrogen-bond acceptors (Lipinski definition) is 3. The molecule has 1 N–H and O–H groups in total. The van der Waals surface area contributed by atoms with Crippen molar-refractivity contribution in [2.24, 2.45) is 0 Å². The van der Waals surface area contributed by atoms with Gasteiger partial charge in [-0.05, 0) is 49.3 Å². The van der Waals surface area contributed by atoms with E-state index in [1.54, 1.807) is 19.2 Å². The maximum absolute atomic E-state index is 13.4. The molecule has 1 aromatic rings. The summed E-state index contributed by atoms with van der Waals surface area (Å²) in [7, 11) is 1.70. The monoisotopic (exact) mass is 295 g/mol. The van der Waals surface area contributed by atoms with Crippen LogP contribution in [0.2, 0.25) is 0 Å². The molecule has 118 valence electrons. The minimum Gasteiger partial charge on any atom is -0.385 e. The van der Waals surface area contributed by atoms with Gasteiger partial charge in [-0.3, -0.25) is 0 Å². The summed E-state index contributed by atoms with van der Waals surface area (Å²) in [5.41, 5.74) is 1.06. The summed E-state index contributed by atoms with van der Waals surface area (Å²) in [6.07, 6.45) is 4.37. The van der Waals surface area contributed by atoms with Crippen LogP contribution in [0.3, 0.4) is 0 Å². The van der Waals surface area contributed by atoms with Crippen LogP contribution in [-0.4, -0.2) is 39.5 Å². The smallest absolute Gasteiger partial charge is 0.123 e. The molecule has 0 heterocycles. The first kappa shape index (κ1) is 16.4. The number of rotatable bonds is 11. The molecule has 0 saturated heterocycles. The van der Waals surface area contributed by atoms with Crippen molar-refractivity contribution in [3.8, 4) is 0 Å². The maximum Gasteiger partial charge on any atom is 0.123 e. The molecule has 1 saturated carbocycles. The van der Waals surface area contributed by atoms with E-state index in [2.05, 4.69) is 5.32 Å². The van der Waals surface area contributed by atoms with Gasteiger partial charge in [0, 0.05) is 39.5 Å². The largest absolute Gasteiger partial charge is 0.385 e. The predicted molar refractivity (Wildman–Crippen MR) is 82.1 cm³/mol. The number of halogens is 1. The van der Waals surface area contributed by atoms with Crippen molar-refractivity contribution in [3.05, 3.63) is 35.6 Å². The van der Waals surface area contributed by atoms with Crippen molar-refractivity contribution < 1.29 is 13.9 Å². The Morgan fingerprint density at radius 1 is 1.29 bits per heavy atom. The summed E-state index contributed by atoms with van der Waals surface area (Å²) in [5, 5.41) is 3.54. The van der Waals surface area contributed by atoms with Gasteiger partial charge in [0.1, 0.15) is 5.82 Å². The molecule has 0 bridgehead atoms. The lowest BCUT2D eigenvalue weighted by Crippen LogP contribution is -2.24. The second-order valence-electron chi connectivity index (χ2n) is 5.68. The third kappa shape index (κ3) is 6.55. The summed E-state index contributed by atoms with van der Waals surface area (Å²) < 4.78 is 24.0. The highest BCUT2D eigenvalue weighted by molar-refractivity contribution is 5.21. The lowest BCUT2D eigenvalue weighted by atomic mass is 9.96. The van der Waals surface area contributed by atoms with Crippen LogP contribution in [0.25, 0.3) is 0 Å². The number of methoxy groups -OCH3 is 1. The predicted octanol–water partition coefficient (Wildman–Crippen LogP) is 3.10.